The SMILES string of the molecule is C[C@@H]([C@H]1[C@H](O)C[C@@]2(C)[C@@H]3CC[C@H]4[C@]5(C)COC(C(C)(C)F)=N[C@H]5CC[C@@]45C[C@@]35C(=O)C[C@]12C)N(C)C. The third kappa shape index (κ3) is 2.69. The summed E-state index contributed by atoms with van der Waals surface area (Å²) in [5, 5.41) is 11.5. The number of halogens is 1. The first-order chi connectivity index (χ1) is 16.6. The fourth-order valence-electron chi connectivity index (χ4n) is 11.3. The number of fused-ring (bicyclic) bond motifs is 4. The third-order valence-corrected chi connectivity index (χ3v) is 13.3. The molecule has 5 fully saturated rings. The average Bonchev–Trinajstić information content (AvgIpc) is 3.41. The maximum atomic E-state index is 14.7. The second-order valence-electron chi connectivity index (χ2n) is 15.2. The molecule has 0 aromatic rings. The highest BCUT2D eigenvalue weighted by Gasteiger charge is 2.86. The molecule has 1 aliphatic heterocycles. The number of nitrogens with zero attached hydrogens (tertiary/aromatic N) is 2. The zero-order valence-corrected chi connectivity index (χ0v) is 23.7. The first-order valence-corrected chi connectivity index (χ1v) is 14.4. The molecule has 0 aromatic carbocycles. The minimum atomic E-state index is -1.56. The van der Waals surface area contributed by atoms with E-state index in [0.29, 0.717) is 30.6 Å². The van der Waals surface area contributed by atoms with E-state index in [1.165, 1.54) is 13.8 Å². The summed E-state index contributed by atoms with van der Waals surface area (Å²) in [6.07, 6.45) is 6.05. The highest BCUT2D eigenvalue weighted by atomic mass is 19.1. The first-order valence-electron chi connectivity index (χ1n) is 14.4. The molecule has 0 bridgehead atoms. The van der Waals surface area contributed by atoms with E-state index in [-0.39, 0.29) is 57.1 Å². The van der Waals surface area contributed by atoms with Crippen molar-refractivity contribution in [3.8, 4) is 0 Å². The lowest BCUT2D eigenvalue weighted by molar-refractivity contribution is -0.172. The van der Waals surface area contributed by atoms with Crippen LogP contribution in [-0.2, 0) is 9.53 Å². The number of ketones is 1. The van der Waals surface area contributed by atoms with E-state index in [4.69, 9.17) is 9.73 Å². The fraction of sp³-hybridized carbons (Fsp3) is 0.933. The molecule has 1 N–H and O–H groups in total. The Kier molecular flexibility index (Phi) is 5.01. The molecule has 0 aromatic heterocycles. The van der Waals surface area contributed by atoms with Gasteiger partial charge in [-0.3, -0.25) is 4.79 Å². The lowest BCUT2D eigenvalue weighted by Crippen LogP contribution is -2.63. The van der Waals surface area contributed by atoms with E-state index in [1.54, 1.807) is 0 Å². The molecule has 6 aliphatic rings. The van der Waals surface area contributed by atoms with Crippen molar-refractivity contribution in [2.24, 2.45) is 49.8 Å². The number of alkyl halides is 1. The molecule has 0 unspecified atom stereocenters. The van der Waals surface area contributed by atoms with Gasteiger partial charge in [-0.05, 0) is 101 Å². The summed E-state index contributed by atoms with van der Waals surface area (Å²) in [6, 6.07) is 0.290. The molecule has 2 spiro atoms. The minimum Gasteiger partial charge on any atom is -0.478 e. The number of hydrogen-bond acceptors (Lipinski definition) is 5. The third-order valence-electron chi connectivity index (χ3n) is 13.3. The average molecular weight is 503 g/mol. The molecule has 11 atom stereocenters. The maximum absolute atomic E-state index is 14.7. The van der Waals surface area contributed by atoms with Crippen LogP contribution in [-0.4, -0.2) is 66.2 Å². The van der Waals surface area contributed by atoms with Crippen LogP contribution in [0.3, 0.4) is 0 Å². The van der Waals surface area contributed by atoms with Gasteiger partial charge in [0.1, 0.15) is 5.78 Å². The number of aliphatic imine (C=N–C) groups is 1. The Hall–Kier alpha value is -1.01. The molecular formula is C30H47FN2O3. The van der Waals surface area contributed by atoms with Gasteiger partial charge in [-0.2, -0.15) is 0 Å². The summed E-state index contributed by atoms with van der Waals surface area (Å²) in [4.78, 5) is 21.5. The van der Waals surface area contributed by atoms with E-state index >= 15 is 0 Å². The molecule has 6 rings (SSSR count). The lowest BCUT2D eigenvalue weighted by Gasteiger charge is -2.63. The van der Waals surface area contributed by atoms with Crippen molar-refractivity contribution in [1.82, 2.24) is 4.90 Å². The van der Waals surface area contributed by atoms with Gasteiger partial charge in [0, 0.05) is 29.2 Å². The summed E-state index contributed by atoms with van der Waals surface area (Å²) < 4.78 is 20.7. The van der Waals surface area contributed by atoms with Crippen molar-refractivity contribution in [3.05, 3.63) is 0 Å². The summed E-state index contributed by atoms with van der Waals surface area (Å²) in [6.45, 7) is 12.8. The van der Waals surface area contributed by atoms with Gasteiger partial charge in [-0.15, -0.1) is 0 Å². The topological polar surface area (TPSA) is 62.1 Å². The van der Waals surface area contributed by atoms with Gasteiger partial charge in [-0.25, -0.2) is 9.38 Å². The van der Waals surface area contributed by atoms with E-state index in [2.05, 4.69) is 46.7 Å². The highest BCUT2D eigenvalue weighted by molar-refractivity contribution is 5.92. The van der Waals surface area contributed by atoms with Crippen molar-refractivity contribution < 1.29 is 19.0 Å². The zero-order chi connectivity index (χ0) is 26.3. The predicted molar refractivity (Wildman–Crippen MR) is 139 cm³/mol. The van der Waals surface area contributed by atoms with Crippen LogP contribution < -0.4 is 0 Å². The zero-order valence-electron chi connectivity index (χ0n) is 23.7. The Morgan fingerprint density at radius 1 is 1.14 bits per heavy atom. The molecule has 6 heteroatoms. The van der Waals surface area contributed by atoms with Gasteiger partial charge >= 0.3 is 0 Å². The normalized spacial score (nSPS) is 54.4. The largest absolute Gasteiger partial charge is 0.478 e. The van der Waals surface area contributed by atoms with Crippen LogP contribution in [0, 0.1) is 44.8 Å². The van der Waals surface area contributed by atoms with Gasteiger partial charge in [-0.1, -0.05) is 20.8 Å². The molecular weight excluding hydrogens is 455 g/mol. The smallest absolute Gasteiger partial charge is 0.221 e. The molecule has 36 heavy (non-hydrogen) atoms. The van der Waals surface area contributed by atoms with E-state index < -0.39 is 5.67 Å². The highest BCUT2D eigenvalue weighted by Crippen LogP contribution is 2.88. The molecule has 5 nitrogen and oxygen atoms in total. The number of carbonyl (C=O) groups is 1. The Morgan fingerprint density at radius 3 is 2.44 bits per heavy atom. The van der Waals surface area contributed by atoms with Crippen molar-refractivity contribution in [1.29, 1.82) is 0 Å². The Balaban J connectivity index is 1.37. The van der Waals surface area contributed by atoms with Crippen LogP contribution in [0.5, 0.6) is 0 Å². The number of hydrogen-bond donors (Lipinski definition) is 1. The summed E-state index contributed by atoms with van der Waals surface area (Å²) in [5.41, 5.74) is -2.18. The summed E-state index contributed by atoms with van der Waals surface area (Å²) >= 11 is 0. The fourth-order valence-corrected chi connectivity index (χ4v) is 11.3. The molecule has 0 saturated heterocycles. The van der Waals surface area contributed by atoms with Crippen molar-refractivity contribution >= 4 is 11.7 Å². The maximum Gasteiger partial charge on any atom is 0.221 e. The molecule has 1 heterocycles. The number of rotatable bonds is 3. The standard InChI is InChI=1S/C30H47FN2O3/c1-17(33(7)8)23-18(34)13-27(5)20-10-9-19-26(4)16-36-24(25(2,3)31)32-21(26)11-12-29(19)15-30(20,29)22(35)14-28(23,27)6/h17-21,23,34H,9-16H2,1-8H3/t17-,18+,19-,20-,21-,23-,26-,27-,28+,29+,30-/m0/s1. The van der Waals surface area contributed by atoms with Gasteiger partial charge < -0.3 is 14.7 Å². The van der Waals surface area contributed by atoms with Crippen molar-refractivity contribution in [2.45, 2.75) is 110 Å². The Labute approximate surface area is 216 Å². The molecule has 0 amide bonds. The van der Waals surface area contributed by atoms with Gasteiger partial charge in [0.2, 0.25) is 5.90 Å². The van der Waals surface area contributed by atoms with Crippen molar-refractivity contribution in [3.63, 3.8) is 0 Å². The Bertz CT molecular complexity index is 1020. The van der Waals surface area contributed by atoms with Crippen LogP contribution in [0.1, 0.15) is 86.5 Å². The number of ether oxygens (including phenoxy) is 1. The number of carbonyl (C=O) groups excluding carboxylic acids is 1. The quantitative estimate of drug-likeness (QED) is 0.587. The van der Waals surface area contributed by atoms with Crippen LogP contribution in [0.25, 0.3) is 0 Å². The first kappa shape index (κ1) is 25.3. The van der Waals surface area contributed by atoms with Crippen LogP contribution >= 0.6 is 0 Å². The van der Waals surface area contributed by atoms with Gasteiger partial charge in [0.15, 0.2) is 5.67 Å². The molecule has 5 saturated carbocycles. The Morgan fingerprint density at radius 2 is 1.81 bits per heavy atom. The van der Waals surface area contributed by atoms with E-state index in [1.807, 2.05) is 0 Å². The summed E-state index contributed by atoms with van der Waals surface area (Å²) in [7, 11) is 4.18. The van der Waals surface area contributed by atoms with Crippen LogP contribution in [0.2, 0.25) is 0 Å². The molecule has 5 aliphatic carbocycles. The summed E-state index contributed by atoms with van der Waals surface area (Å²) in [5.74, 6) is 1.53. The van der Waals surface area contributed by atoms with E-state index in [0.717, 1.165) is 38.5 Å². The van der Waals surface area contributed by atoms with Gasteiger partial charge in [0.05, 0.1) is 18.8 Å². The second-order valence-corrected chi connectivity index (χ2v) is 15.2. The lowest BCUT2D eigenvalue weighted by atomic mass is 9.41. The van der Waals surface area contributed by atoms with Crippen LogP contribution in [0.15, 0.2) is 4.99 Å². The molecule has 0 radical (unpaired) electrons. The van der Waals surface area contributed by atoms with E-state index in [9.17, 15) is 14.3 Å². The number of aliphatic hydroxyl groups is 1. The number of Topliss-reactive ketones (excluding diaryl/α,β-unsaturated/α-hetero) is 1. The minimum absolute atomic E-state index is 0.0282. The number of aliphatic hydroxyl groups excluding tert-OH is 1. The predicted octanol–water partition coefficient (Wildman–Crippen LogP) is 5.05. The van der Waals surface area contributed by atoms with Crippen LogP contribution in [0.4, 0.5) is 4.39 Å². The van der Waals surface area contributed by atoms with Gasteiger partial charge in [0.25, 0.3) is 0 Å². The second kappa shape index (κ2) is 7.14. The van der Waals surface area contributed by atoms with Crippen molar-refractivity contribution in [2.75, 3.05) is 20.7 Å². The molecule has 202 valence electrons. The monoisotopic (exact) mass is 502 g/mol.